The predicted molar refractivity (Wildman–Crippen MR) is 81.5 cm³/mol. The minimum absolute atomic E-state index is 0.0375. The summed E-state index contributed by atoms with van der Waals surface area (Å²) in [5.41, 5.74) is 0. The molecule has 104 valence electrons. The zero-order valence-corrected chi connectivity index (χ0v) is 14.0. The molecule has 1 aromatic heterocycles. The second-order valence-corrected chi connectivity index (χ2v) is 7.27. The van der Waals surface area contributed by atoms with Crippen LogP contribution in [0.3, 0.4) is 0 Å². The minimum atomic E-state index is -0.222. The average Bonchev–Trinajstić information content (AvgIpc) is 2.77. The highest BCUT2D eigenvalue weighted by molar-refractivity contribution is 9.13. The van der Waals surface area contributed by atoms with Crippen molar-refractivity contribution in [2.75, 3.05) is 32.7 Å². The molecule has 2 heterocycles. The van der Waals surface area contributed by atoms with Gasteiger partial charge in [-0.25, -0.2) is 0 Å². The average molecular weight is 411 g/mol. The Kier molecular flexibility index (Phi) is 5.37. The Labute approximate surface area is 132 Å². The van der Waals surface area contributed by atoms with E-state index in [0.717, 1.165) is 21.3 Å². The van der Waals surface area contributed by atoms with Gasteiger partial charge in [0.25, 0.3) is 5.91 Å². The van der Waals surface area contributed by atoms with Crippen molar-refractivity contribution in [1.82, 2.24) is 15.5 Å². The van der Waals surface area contributed by atoms with Crippen LogP contribution in [-0.2, 0) is 4.79 Å². The van der Waals surface area contributed by atoms with Crippen LogP contribution in [0.5, 0.6) is 0 Å². The summed E-state index contributed by atoms with van der Waals surface area (Å²) in [5.74, 6) is -0.260. The summed E-state index contributed by atoms with van der Waals surface area (Å²) in [6.07, 6.45) is 0. The number of nitrogens with one attached hydrogen (secondary N) is 2. The van der Waals surface area contributed by atoms with Crippen molar-refractivity contribution >= 4 is 55.0 Å². The number of hydrogen-bond acceptors (Lipinski definition) is 4. The number of piperazine rings is 1. The third kappa shape index (κ3) is 4.01. The van der Waals surface area contributed by atoms with E-state index >= 15 is 0 Å². The Bertz CT molecular complexity index is 467. The lowest BCUT2D eigenvalue weighted by atomic mass is 10.3. The van der Waals surface area contributed by atoms with Crippen LogP contribution in [0.1, 0.15) is 9.67 Å². The molecule has 0 spiro atoms. The largest absolute Gasteiger partial charge is 0.342 e. The van der Waals surface area contributed by atoms with Crippen LogP contribution in [0, 0.1) is 0 Å². The maximum absolute atomic E-state index is 11.9. The van der Waals surface area contributed by atoms with E-state index in [1.807, 2.05) is 0 Å². The molecular weight excluding hydrogens is 398 g/mol. The first kappa shape index (κ1) is 15.0. The van der Waals surface area contributed by atoms with Gasteiger partial charge < -0.3 is 15.5 Å². The molecule has 0 aliphatic carbocycles. The molecule has 0 aromatic carbocycles. The second kappa shape index (κ2) is 6.83. The topological polar surface area (TPSA) is 61.4 Å². The van der Waals surface area contributed by atoms with Crippen LogP contribution >= 0.6 is 43.2 Å². The van der Waals surface area contributed by atoms with Gasteiger partial charge in [-0.05, 0) is 37.9 Å². The molecule has 1 aliphatic heterocycles. The Morgan fingerprint density at radius 3 is 2.63 bits per heavy atom. The Morgan fingerprint density at radius 1 is 1.37 bits per heavy atom. The fourth-order valence-corrected chi connectivity index (χ4v) is 3.68. The zero-order chi connectivity index (χ0) is 13.8. The first-order valence-corrected chi connectivity index (χ1v) is 8.19. The second-order valence-electron chi connectivity index (χ2n) is 4.05. The van der Waals surface area contributed by atoms with Crippen LogP contribution in [0.15, 0.2) is 14.3 Å². The van der Waals surface area contributed by atoms with E-state index in [1.165, 1.54) is 11.3 Å². The van der Waals surface area contributed by atoms with Crippen LogP contribution in [0.2, 0.25) is 0 Å². The van der Waals surface area contributed by atoms with E-state index in [4.69, 9.17) is 0 Å². The molecular formula is C11H13Br2N3O2S. The molecule has 0 saturated carbocycles. The lowest BCUT2D eigenvalue weighted by Gasteiger charge is -2.27. The fraction of sp³-hybridized carbons (Fsp3) is 0.455. The van der Waals surface area contributed by atoms with Gasteiger partial charge in [0.1, 0.15) is 0 Å². The molecule has 0 bridgehead atoms. The lowest BCUT2D eigenvalue weighted by Crippen LogP contribution is -2.49. The van der Waals surface area contributed by atoms with Crippen LogP contribution < -0.4 is 10.6 Å². The van der Waals surface area contributed by atoms with Crippen molar-refractivity contribution in [3.05, 3.63) is 19.2 Å². The van der Waals surface area contributed by atoms with Gasteiger partial charge in [0, 0.05) is 30.7 Å². The fourth-order valence-electron chi connectivity index (χ4n) is 1.73. The summed E-state index contributed by atoms with van der Waals surface area (Å²) in [7, 11) is 0. The monoisotopic (exact) mass is 409 g/mol. The summed E-state index contributed by atoms with van der Waals surface area (Å²) < 4.78 is 1.71. The predicted octanol–water partition coefficient (Wildman–Crippen LogP) is 1.43. The normalized spacial score (nSPS) is 15.4. The molecule has 0 unspecified atom stereocenters. The Morgan fingerprint density at radius 2 is 2.05 bits per heavy atom. The SMILES string of the molecule is O=C(NCC(=O)N1CCNCC1)c1cc(Br)c(Br)s1. The highest BCUT2D eigenvalue weighted by Crippen LogP contribution is 2.32. The van der Waals surface area contributed by atoms with Gasteiger partial charge in [-0.15, -0.1) is 11.3 Å². The maximum atomic E-state index is 11.9. The smallest absolute Gasteiger partial charge is 0.261 e. The third-order valence-corrected chi connectivity index (χ3v) is 5.99. The molecule has 19 heavy (non-hydrogen) atoms. The van der Waals surface area contributed by atoms with Gasteiger partial charge in [0.05, 0.1) is 15.2 Å². The van der Waals surface area contributed by atoms with Gasteiger partial charge in [-0.2, -0.15) is 0 Å². The number of carbonyl (C=O) groups excluding carboxylic acids is 2. The highest BCUT2D eigenvalue weighted by Gasteiger charge is 2.18. The lowest BCUT2D eigenvalue weighted by molar-refractivity contribution is -0.130. The van der Waals surface area contributed by atoms with E-state index in [0.29, 0.717) is 18.0 Å². The molecule has 2 rings (SSSR count). The number of carbonyl (C=O) groups is 2. The summed E-state index contributed by atoms with van der Waals surface area (Å²) >= 11 is 8.00. The van der Waals surface area contributed by atoms with E-state index in [2.05, 4.69) is 42.5 Å². The van der Waals surface area contributed by atoms with Crippen molar-refractivity contribution < 1.29 is 9.59 Å². The number of halogens is 2. The number of rotatable bonds is 3. The number of nitrogens with zero attached hydrogens (tertiary/aromatic N) is 1. The summed E-state index contributed by atoms with van der Waals surface area (Å²) in [5, 5.41) is 5.83. The van der Waals surface area contributed by atoms with Gasteiger partial charge in [-0.1, -0.05) is 0 Å². The number of thiophene rings is 1. The third-order valence-electron chi connectivity index (χ3n) is 2.74. The van der Waals surface area contributed by atoms with E-state index in [-0.39, 0.29) is 18.4 Å². The Balaban J connectivity index is 1.84. The molecule has 2 amide bonds. The minimum Gasteiger partial charge on any atom is -0.342 e. The van der Waals surface area contributed by atoms with E-state index in [1.54, 1.807) is 11.0 Å². The van der Waals surface area contributed by atoms with Gasteiger partial charge in [0.15, 0.2) is 0 Å². The van der Waals surface area contributed by atoms with Crippen molar-refractivity contribution in [1.29, 1.82) is 0 Å². The molecule has 1 aromatic rings. The van der Waals surface area contributed by atoms with Gasteiger partial charge >= 0.3 is 0 Å². The standard InChI is InChI=1S/C11H13Br2N3O2S/c12-7-5-8(19-10(7)13)11(18)15-6-9(17)16-3-1-14-2-4-16/h5,14H,1-4,6H2,(H,15,18). The van der Waals surface area contributed by atoms with Gasteiger partial charge in [0.2, 0.25) is 5.91 Å². The summed E-state index contributed by atoms with van der Waals surface area (Å²) in [6.45, 7) is 3.07. The number of hydrogen-bond donors (Lipinski definition) is 2. The van der Waals surface area contributed by atoms with Crippen molar-refractivity contribution in [3.8, 4) is 0 Å². The molecule has 0 radical (unpaired) electrons. The molecule has 1 fully saturated rings. The molecule has 5 nitrogen and oxygen atoms in total. The van der Waals surface area contributed by atoms with Crippen molar-refractivity contribution in [2.24, 2.45) is 0 Å². The summed E-state index contributed by atoms with van der Waals surface area (Å²) in [4.78, 5) is 26.1. The van der Waals surface area contributed by atoms with Crippen molar-refractivity contribution in [2.45, 2.75) is 0 Å². The van der Waals surface area contributed by atoms with Crippen LogP contribution in [-0.4, -0.2) is 49.4 Å². The molecule has 8 heteroatoms. The van der Waals surface area contributed by atoms with Crippen molar-refractivity contribution in [3.63, 3.8) is 0 Å². The number of amides is 2. The first-order valence-electron chi connectivity index (χ1n) is 5.79. The molecule has 1 saturated heterocycles. The van der Waals surface area contributed by atoms with Gasteiger partial charge in [-0.3, -0.25) is 9.59 Å². The molecule has 0 atom stereocenters. The first-order chi connectivity index (χ1) is 9.08. The zero-order valence-electron chi connectivity index (χ0n) is 10.0. The van der Waals surface area contributed by atoms with Crippen LogP contribution in [0.4, 0.5) is 0 Å². The van der Waals surface area contributed by atoms with E-state index in [9.17, 15) is 9.59 Å². The highest BCUT2D eigenvalue weighted by atomic mass is 79.9. The molecule has 1 aliphatic rings. The maximum Gasteiger partial charge on any atom is 0.261 e. The van der Waals surface area contributed by atoms with E-state index < -0.39 is 0 Å². The molecule has 2 N–H and O–H groups in total. The quantitative estimate of drug-likeness (QED) is 0.792. The Hall–Kier alpha value is -0.440. The van der Waals surface area contributed by atoms with Crippen LogP contribution in [0.25, 0.3) is 0 Å². The summed E-state index contributed by atoms with van der Waals surface area (Å²) in [6, 6.07) is 1.74.